The molecular formula is C20H31NO5. The van der Waals surface area contributed by atoms with E-state index in [0.29, 0.717) is 6.61 Å². The molecule has 6 heteroatoms. The first-order valence-corrected chi connectivity index (χ1v) is 9.33. The number of nitrogens with zero attached hydrogens (tertiary/aromatic N) is 1. The lowest BCUT2D eigenvalue weighted by atomic mass is 9.78. The highest BCUT2D eigenvalue weighted by atomic mass is 16.5. The first kappa shape index (κ1) is 20.7. The van der Waals surface area contributed by atoms with Crippen LogP contribution in [-0.2, 0) is 9.53 Å². The van der Waals surface area contributed by atoms with Crippen LogP contribution < -0.4 is 4.74 Å². The highest BCUT2D eigenvalue weighted by Crippen LogP contribution is 2.39. The number of rotatable bonds is 5. The van der Waals surface area contributed by atoms with Crippen molar-refractivity contribution in [1.82, 2.24) is 4.90 Å². The molecule has 2 saturated heterocycles. The van der Waals surface area contributed by atoms with Crippen molar-refractivity contribution in [2.24, 2.45) is 0 Å². The summed E-state index contributed by atoms with van der Waals surface area (Å²) in [6, 6.07) is 9.99. The summed E-state index contributed by atoms with van der Waals surface area (Å²) in [5, 5.41) is 17.2. The standard InChI is InChI=1S/C19H29NO3.CH2O2/c1-18(21)10-15-23-19(16-18)8-12-20(13-9-19)11-5-14-22-17-6-3-2-4-7-17;2-1-3/h2-4,6-7,21H,5,8-16H2,1H3;1H,(H,2,3). The summed E-state index contributed by atoms with van der Waals surface area (Å²) in [5.74, 6) is 0.947. The van der Waals surface area contributed by atoms with Crippen molar-refractivity contribution in [3.63, 3.8) is 0 Å². The number of aliphatic hydroxyl groups is 1. The maximum absolute atomic E-state index is 10.3. The van der Waals surface area contributed by atoms with Crippen molar-refractivity contribution in [1.29, 1.82) is 0 Å². The fourth-order valence-electron chi connectivity index (χ4n) is 3.82. The van der Waals surface area contributed by atoms with Gasteiger partial charge in [0.25, 0.3) is 6.47 Å². The topological polar surface area (TPSA) is 79.2 Å². The van der Waals surface area contributed by atoms with Crippen LogP contribution in [0.5, 0.6) is 5.75 Å². The molecule has 0 aliphatic carbocycles. The number of likely N-dealkylation sites (tertiary alicyclic amines) is 1. The van der Waals surface area contributed by atoms with Gasteiger partial charge in [-0.1, -0.05) is 18.2 Å². The van der Waals surface area contributed by atoms with Gasteiger partial charge in [-0.2, -0.15) is 0 Å². The van der Waals surface area contributed by atoms with Crippen molar-refractivity contribution in [3.05, 3.63) is 30.3 Å². The summed E-state index contributed by atoms with van der Waals surface area (Å²) in [5.41, 5.74) is -0.636. The van der Waals surface area contributed by atoms with Crippen LogP contribution in [0, 0.1) is 0 Å². The highest BCUT2D eigenvalue weighted by Gasteiger charge is 2.44. The van der Waals surface area contributed by atoms with E-state index in [2.05, 4.69) is 4.90 Å². The second-order valence-corrected chi connectivity index (χ2v) is 7.42. The average molecular weight is 365 g/mol. The minimum Gasteiger partial charge on any atom is -0.494 e. The lowest BCUT2D eigenvalue weighted by molar-refractivity contribution is -0.172. The van der Waals surface area contributed by atoms with Crippen LogP contribution in [0.4, 0.5) is 0 Å². The number of ether oxygens (including phenoxy) is 2. The zero-order valence-electron chi connectivity index (χ0n) is 15.6. The fourth-order valence-corrected chi connectivity index (χ4v) is 3.82. The largest absolute Gasteiger partial charge is 0.494 e. The van der Waals surface area contributed by atoms with Gasteiger partial charge in [-0.05, 0) is 44.7 Å². The van der Waals surface area contributed by atoms with Crippen molar-refractivity contribution in [3.8, 4) is 5.75 Å². The SMILES string of the molecule is CC1(O)CCOC2(CCN(CCCOc3ccccc3)CC2)C1.O=CO. The van der Waals surface area contributed by atoms with Gasteiger partial charge in [0.05, 0.1) is 24.4 Å². The van der Waals surface area contributed by atoms with Gasteiger partial charge in [0.1, 0.15) is 5.75 Å². The zero-order chi connectivity index (χ0) is 18.9. The van der Waals surface area contributed by atoms with Gasteiger partial charge in [0, 0.05) is 26.1 Å². The Morgan fingerprint density at radius 3 is 2.50 bits per heavy atom. The molecule has 2 aliphatic heterocycles. The quantitative estimate of drug-likeness (QED) is 0.617. The van der Waals surface area contributed by atoms with Crippen LogP contribution >= 0.6 is 0 Å². The molecule has 2 heterocycles. The van der Waals surface area contributed by atoms with Gasteiger partial charge in [0.15, 0.2) is 0 Å². The monoisotopic (exact) mass is 365 g/mol. The number of hydrogen-bond donors (Lipinski definition) is 2. The number of piperidine rings is 1. The van der Waals surface area contributed by atoms with Crippen LogP contribution in [0.1, 0.15) is 39.0 Å². The van der Waals surface area contributed by atoms with Gasteiger partial charge in [-0.25, -0.2) is 0 Å². The smallest absolute Gasteiger partial charge is 0.290 e. The molecular weight excluding hydrogens is 334 g/mol. The average Bonchev–Trinajstić information content (AvgIpc) is 2.61. The van der Waals surface area contributed by atoms with Crippen LogP contribution in [-0.4, -0.2) is 65.6 Å². The Kier molecular flexibility index (Phi) is 7.87. The predicted octanol–water partition coefficient (Wildman–Crippen LogP) is 2.55. The Labute approximate surface area is 155 Å². The third-order valence-corrected chi connectivity index (χ3v) is 5.15. The van der Waals surface area contributed by atoms with E-state index in [1.54, 1.807) is 0 Å². The van der Waals surface area contributed by atoms with E-state index in [1.807, 2.05) is 37.3 Å². The molecule has 0 amide bonds. The number of benzene rings is 1. The molecule has 1 unspecified atom stereocenters. The number of hydrogen-bond acceptors (Lipinski definition) is 5. The molecule has 146 valence electrons. The van der Waals surface area contributed by atoms with E-state index < -0.39 is 5.60 Å². The molecule has 1 aromatic carbocycles. The Morgan fingerprint density at radius 2 is 1.88 bits per heavy atom. The summed E-state index contributed by atoms with van der Waals surface area (Å²) in [7, 11) is 0. The molecule has 1 aromatic rings. The van der Waals surface area contributed by atoms with E-state index in [9.17, 15) is 5.11 Å². The molecule has 0 radical (unpaired) electrons. The molecule has 1 atom stereocenters. The summed E-state index contributed by atoms with van der Waals surface area (Å²) >= 11 is 0. The molecule has 0 saturated carbocycles. The van der Waals surface area contributed by atoms with E-state index >= 15 is 0 Å². The number of carboxylic acid groups (broad SMARTS) is 1. The van der Waals surface area contributed by atoms with Gasteiger partial charge >= 0.3 is 0 Å². The third kappa shape index (κ3) is 6.59. The maximum atomic E-state index is 10.3. The zero-order valence-corrected chi connectivity index (χ0v) is 15.6. The third-order valence-electron chi connectivity index (χ3n) is 5.15. The Bertz CT molecular complexity index is 526. The molecule has 0 aromatic heterocycles. The van der Waals surface area contributed by atoms with Crippen molar-refractivity contribution in [2.45, 2.75) is 50.2 Å². The molecule has 3 rings (SSSR count). The molecule has 6 nitrogen and oxygen atoms in total. The highest BCUT2D eigenvalue weighted by molar-refractivity contribution is 5.32. The number of carbonyl (C=O) groups is 1. The van der Waals surface area contributed by atoms with Crippen LogP contribution in [0.25, 0.3) is 0 Å². The first-order valence-electron chi connectivity index (χ1n) is 9.33. The lowest BCUT2D eigenvalue weighted by Gasteiger charge is -2.48. The summed E-state index contributed by atoms with van der Waals surface area (Å²) < 4.78 is 11.8. The second kappa shape index (κ2) is 9.90. The van der Waals surface area contributed by atoms with Gasteiger partial charge in [0.2, 0.25) is 0 Å². The molecule has 1 spiro atoms. The van der Waals surface area contributed by atoms with Crippen molar-refractivity contribution >= 4 is 6.47 Å². The number of para-hydroxylation sites is 1. The van der Waals surface area contributed by atoms with Crippen LogP contribution in [0.2, 0.25) is 0 Å². The van der Waals surface area contributed by atoms with Crippen molar-refractivity contribution in [2.75, 3.05) is 32.8 Å². The summed E-state index contributed by atoms with van der Waals surface area (Å²) in [6.45, 7) is 6.33. The maximum Gasteiger partial charge on any atom is 0.290 e. The van der Waals surface area contributed by atoms with E-state index in [0.717, 1.165) is 64.1 Å². The Morgan fingerprint density at radius 1 is 1.23 bits per heavy atom. The molecule has 26 heavy (non-hydrogen) atoms. The van der Waals surface area contributed by atoms with Crippen molar-refractivity contribution < 1.29 is 24.5 Å². The molecule has 2 aliphatic rings. The summed E-state index contributed by atoms with van der Waals surface area (Å²) in [6.07, 6.45) is 4.64. The second-order valence-electron chi connectivity index (χ2n) is 7.42. The van der Waals surface area contributed by atoms with Gasteiger partial charge < -0.3 is 24.6 Å². The lowest BCUT2D eigenvalue weighted by Crippen LogP contribution is -2.53. The Balaban J connectivity index is 0.000000758. The van der Waals surface area contributed by atoms with E-state index in [-0.39, 0.29) is 12.1 Å². The normalized spacial score (nSPS) is 25.2. The van der Waals surface area contributed by atoms with Crippen LogP contribution in [0.3, 0.4) is 0 Å². The van der Waals surface area contributed by atoms with E-state index in [1.165, 1.54) is 0 Å². The molecule has 2 N–H and O–H groups in total. The van der Waals surface area contributed by atoms with Gasteiger partial charge in [-0.3, -0.25) is 4.79 Å². The predicted molar refractivity (Wildman–Crippen MR) is 99.5 cm³/mol. The van der Waals surface area contributed by atoms with Crippen LogP contribution in [0.15, 0.2) is 30.3 Å². The van der Waals surface area contributed by atoms with E-state index in [4.69, 9.17) is 19.4 Å². The first-order chi connectivity index (χ1) is 12.5. The minimum atomic E-state index is -0.552. The molecule has 0 bridgehead atoms. The van der Waals surface area contributed by atoms with Gasteiger partial charge in [-0.15, -0.1) is 0 Å². The Hall–Kier alpha value is -1.63. The molecule has 2 fully saturated rings. The summed E-state index contributed by atoms with van der Waals surface area (Å²) in [4.78, 5) is 10.9. The fraction of sp³-hybridized carbons (Fsp3) is 0.650. The minimum absolute atomic E-state index is 0.0845.